The third kappa shape index (κ3) is 2.24. The van der Waals surface area contributed by atoms with Gasteiger partial charge >= 0.3 is 5.97 Å². The Hall–Kier alpha value is -2.18. The molecule has 0 aliphatic rings. The topological polar surface area (TPSA) is 104 Å². The first-order valence-electron chi connectivity index (χ1n) is 5.21. The number of carbonyl (C=O) groups is 1. The number of aliphatic hydroxyl groups excluding tert-OH is 2. The highest BCUT2D eigenvalue weighted by Crippen LogP contribution is 2.27. The van der Waals surface area contributed by atoms with Gasteiger partial charge in [0, 0.05) is 11.6 Å². The molecule has 0 amide bonds. The summed E-state index contributed by atoms with van der Waals surface area (Å²) in [4.78, 5) is 10.7. The predicted molar refractivity (Wildman–Crippen MR) is 60.9 cm³/mol. The van der Waals surface area contributed by atoms with E-state index in [4.69, 9.17) is 10.2 Å². The van der Waals surface area contributed by atoms with Crippen LogP contribution in [0.4, 0.5) is 0 Å². The van der Waals surface area contributed by atoms with E-state index in [9.17, 15) is 9.90 Å². The molecule has 94 valence electrons. The first-order valence-corrected chi connectivity index (χ1v) is 5.21. The molecule has 2 rings (SSSR count). The number of benzene rings is 1. The molecule has 6 nitrogen and oxygen atoms in total. The largest absolute Gasteiger partial charge is 0.475 e. The molecule has 3 N–H and O–H groups in total. The van der Waals surface area contributed by atoms with E-state index in [0.717, 1.165) is 0 Å². The molecule has 0 radical (unpaired) electrons. The van der Waals surface area contributed by atoms with Gasteiger partial charge in [0.25, 0.3) is 0 Å². The smallest absolute Gasteiger partial charge is 0.374 e. The third-order valence-corrected chi connectivity index (χ3v) is 2.49. The van der Waals surface area contributed by atoms with Crippen LogP contribution in [0, 0.1) is 0 Å². The summed E-state index contributed by atoms with van der Waals surface area (Å²) in [5, 5.41) is 31.0. The minimum atomic E-state index is -1.21. The van der Waals surface area contributed by atoms with Crippen molar-refractivity contribution in [1.82, 2.24) is 5.16 Å². The fourth-order valence-corrected chi connectivity index (χ4v) is 1.62. The summed E-state index contributed by atoms with van der Waals surface area (Å²) in [6.45, 7) is -0.430. The van der Waals surface area contributed by atoms with Gasteiger partial charge < -0.3 is 19.8 Å². The lowest BCUT2D eigenvalue weighted by molar-refractivity contribution is 0.0652. The molecule has 2 aromatic rings. The second-order valence-electron chi connectivity index (χ2n) is 3.67. The summed E-state index contributed by atoms with van der Waals surface area (Å²) < 4.78 is 4.66. The van der Waals surface area contributed by atoms with Crippen molar-refractivity contribution in [2.24, 2.45) is 0 Å². The van der Waals surface area contributed by atoms with E-state index in [-0.39, 0.29) is 5.76 Å². The Bertz CT molecular complexity index is 563. The Morgan fingerprint density at radius 3 is 2.72 bits per heavy atom. The Balaban J connectivity index is 2.46. The maximum absolute atomic E-state index is 10.7. The monoisotopic (exact) mass is 249 g/mol. The molecule has 0 spiro atoms. The van der Waals surface area contributed by atoms with Crippen molar-refractivity contribution in [3.8, 4) is 11.3 Å². The van der Waals surface area contributed by atoms with E-state index in [0.29, 0.717) is 16.8 Å². The molecule has 0 saturated carbocycles. The average Bonchev–Trinajstić information content (AvgIpc) is 2.87. The van der Waals surface area contributed by atoms with Crippen molar-refractivity contribution in [2.45, 2.75) is 6.10 Å². The lowest BCUT2D eigenvalue weighted by Crippen LogP contribution is -2.04. The molecule has 1 heterocycles. The van der Waals surface area contributed by atoms with Crippen LogP contribution in [0.2, 0.25) is 0 Å². The predicted octanol–water partition coefficient (Wildman–Crippen LogP) is 1.07. The number of aliphatic hydroxyl groups is 2. The molecular weight excluding hydrogens is 238 g/mol. The zero-order valence-electron chi connectivity index (χ0n) is 9.28. The van der Waals surface area contributed by atoms with Crippen LogP contribution in [-0.2, 0) is 0 Å². The molecule has 0 aliphatic carbocycles. The van der Waals surface area contributed by atoms with Crippen molar-refractivity contribution in [3.05, 3.63) is 41.7 Å². The van der Waals surface area contributed by atoms with Gasteiger partial charge in [-0.1, -0.05) is 29.4 Å². The van der Waals surface area contributed by atoms with Gasteiger partial charge in [-0.05, 0) is 5.56 Å². The molecule has 1 aromatic carbocycles. The molecule has 1 unspecified atom stereocenters. The second kappa shape index (κ2) is 4.99. The van der Waals surface area contributed by atoms with Gasteiger partial charge in [0.1, 0.15) is 11.8 Å². The molecule has 0 aliphatic heterocycles. The Morgan fingerprint density at radius 2 is 2.11 bits per heavy atom. The van der Waals surface area contributed by atoms with Crippen LogP contribution in [-0.4, -0.2) is 33.1 Å². The van der Waals surface area contributed by atoms with Gasteiger partial charge in [0.15, 0.2) is 0 Å². The molecule has 18 heavy (non-hydrogen) atoms. The van der Waals surface area contributed by atoms with E-state index < -0.39 is 18.7 Å². The molecule has 6 heteroatoms. The van der Waals surface area contributed by atoms with Gasteiger partial charge in [0.05, 0.1) is 6.61 Å². The summed E-state index contributed by atoms with van der Waals surface area (Å²) in [6.07, 6.45) is -1.05. The molecular formula is C12H11NO5. The minimum Gasteiger partial charge on any atom is -0.475 e. The van der Waals surface area contributed by atoms with Gasteiger partial charge in [0.2, 0.25) is 5.76 Å². The highest BCUT2D eigenvalue weighted by atomic mass is 16.5. The van der Waals surface area contributed by atoms with E-state index in [2.05, 4.69) is 9.68 Å². The lowest BCUT2D eigenvalue weighted by atomic mass is 10.0. The number of carboxylic acid groups (broad SMARTS) is 1. The Labute approximate surface area is 102 Å². The maximum atomic E-state index is 10.7. The third-order valence-electron chi connectivity index (χ3n) is 2.49. The van der Waals surface area contributed by atoms with Crippen LogP contribution >= 0.6 is 0 Å². The maximum Gasteiger partial charge on any atom is 0.374 e. The SMILES string of the molecule is O=C(O)c1cc(-c2ccccc2C(O)CO)no1. The summed E-state index contributed by atoms with van der Waals surface area (Å²) in [5.41, 5.74) is 1.29. The summed E-state index contributed by atoms with van der Waals surface area (Å²) >= 11 is 0. The van der Waals surface area contributed by atoms with Crippen LogP contribution in [0.3, 0.4) is 0 Å². The van der Waals surface area contributed by atoms with Crippen LogP contribution < -0.4 is 0 Å². The average molecular weight is 249 g/mol. The Kier molecular flexibility index (Phi) is 3.40. The first kappa shape index (κ1) is 12.3. The van der Waals surface area contributed by atoms with E-state index in [1.807, 2.05) is 0 Å². The zero-order valence-corrected chi connectivity index (χ0v) is 9.28. The van der Waals surface area contributed by atoms with Crippen molar-refractivity contribution in [1.29, 1.82) is 0 Å². The van der Waals surface area contributed by atoms with Crippen molar-refractivity contribution in [2.75, 3.05) is 6.61 Å². The summed E-state index contributed by atoms with van der Waals surface area (Å²) in [5.74, 6) is -1.49. The fourth-order valence-electron chi connectivity index (χ4n) is 1.62. The number of rotatable bonds is 4. The van der Waals surface area contributed by atoms with Crippen molar-refractivity contribution >= 4 is 5.97 Å². The van der Waals surface area contributed by atoms with Crippen LogP contribution in [0.25, 0.3) is 11.3 Å². The van der Waals surface area contributed by atoms with E-state index >= 15 is 0 Å². The normalized spacial score (nSPS) is 12.3. The number of aromatic carboxylic acids is 1. The van der Waals surface area contributed by atoms with Crippen molar-refractivity contribution in [3.63, 3.8) is 0 Å². The molecule has 0 fully saturated rings. The molecule has 0 saturated heterocycles. The van der Waals surface area contributed by atoms with Crippen molar-refractivity contribution < 1.29 is 24.6 Å². The molecule has 1 aromatic heterocycles. The number of carboxylic acids is 1. The number of hydrogen-bond donors (Lipinski definition) is 3. The Morgan fingerprint density at radius 1 is 1.39 bits per heavy atom. The lowest BCUT2D eigenvalue weighted by Gasteiger charge is -2.11. The van der Waals surface area contributed by atoms with Gasteiger partial charge in [-0.3, -0.25) is 0 Å². The van der Waals surface area contributed by atoms with E-state index in [1.54, 1.807) is 24.3 Å². The standard InChI is InChI=1S/C12H11NO5/c14-6-10(15)8-4-2-1-3-7(8)9-5-11(12(16)17)18-13-9/h1-5,10,14-15H,6H2,(H,16,17). The van der Waals surface area contributed by atoms with Gasteiger partial charge in [-0.15, -0.1) is 0 Å². The zero-order chi connectivity index (χ0) is 13.1. The molecule has 1 atom stereocenters. The number of hydrogen-bond acceptors (Lipinski definition) is 5. The van der Waals surface area contributed by atoms with Crippen LogP contribution in [0.5, 0.6) is 0 Å². The van der Waals surface area contributed by atoms with Crippen LogP contribution in [0.1, 0.15) is 22.2 Å². The highest BCUT2D eigenvalue weighted by Gasteiger charge is 2.17. The number of nitrogens with zero attached hydrogens (tertiary/aromatic N) is 1. The fraction of sp³-hybridized carbons (Fsp3) is 0.167. The minimum absolute atomic E-state index is 0.279. The number of aromatic nitrogens is 1. The molecule has 0 bridgehead atoms. The van der Waals surface area contributed by atoms with Gasteiger partial charge in [-0.2, -0.15) is 0 Å². The second-order valence-corrected chi connectivity index (χ2v) is 3.67. The quantitative estimate of drug-likeness (QED) is 0.748. The summed E-state index contributed by atoms with van der Waals surface area (Å²) in [6, 6.07) is 7.99. The first-order chi connectivity index (χ1) is 8.63. The summed E-state index contributed by atoms with van der Waals surface area (Å²) in [7, 11) is 0. The van der Waals surface area contributed by atoms with Gasteiger partial charge in [-0.25, -0.2) is 4.79 Å². The highest BCUT2D eigenvalue weighted by molar-refractivity contribution is 5.85. The van der Waals surface area contributed by atoms with E-state index in [1.165, 1.54) is 6.07 Å². The van der Waals surface area contributed by atoms with Crippen LogP contribution in [0.15, 0.2) is 34.9 Å².